The standard InChI is InChI=1S/C17H17N3OS/c1-17(10-11-7-8-13(17)9-11)15(21)18-16-20-19-14(22-16)12-5-3-2-4-6-12/h2-8,11,13H,9-10H2,1H3,(H,18,20,21)/t11-,13-,17-/m0/s1. The number of benzene rings is 1. The first-order valence-corrected chi connectivity index (χ1v) is 8.35. The molecule has 1 aromatic carbocycles. The first-order valence-electron chi connectivity index (χ1n) is 7.54. The number of aromatic nitrogens is 2. The lowest BCUT2D eigenvalue weighted by atomic mass is 9.77. The highest BCUT2D eigenvalue weighted by Crippen LogP contribution is 2.52. The molecule has 2 aromatic rings. The molecule has 1 amide bonds. The van der Waals surface area contributed by atoms with Crippen LogP contribution in [0.25, 0.3) is 10.6 Å². The van der Waals surface area contributed by atoms with Crippen LogP contribution in [0.15, 0.2) is 42.5 Å². The molecule has 4 rings (SSSR count). The maximum Gasteiger partial charge on any atom is 0.232 e. The van der Waals surface area contributed by atoms with Crippen LogP contribution in [0, 0.1) is 17.3 Å². The van der Waals surface area contributed by atoms with E-state index in [1.54, 1.807) is 0 Å². The molecule has 0 saturated heterocycles. The van der Waals surface area contributed by atoms with Crippen LogP contribution in [0.2, 0.25) is 0 Å². The third-order valence-electron chi connectivity index (χ3n) is 4.86. The van der Waals surface area contributed by atoms with Crippen LogP contribution in [0.4, 0.5) is 5.13 Å². The summed E-state index contributed by atoms with van der Waals surface area (Å²) in [5, 5.41) is 12.7. The van der Waals surface area contributed by atoms with Gasteiger partial charge in [-0.25, -0.2) is 0 Å². The number of nitrogens with zero attached hydrogens (tertiary/aromatic N) is 2. The molecule has 22 heavy (non-hydrogen) atoms. The molecule has 3 atom stereocenters. The Hall–Kier alpha value is -2.01. The number of rotatable bonds is 3. The third-order valence-corrected chi connectivity index (χ3v) is 5.75. The molecule has 0 radical (unpaired) electrons. The molecule has 4 nitrogen and oxygen atoms in total. The molecular formula is C17H17N3OS. The minimum absolute atomic E-state index is 0.0695. The highest BCUT2D eigenvalue weighted by atomic mass is 32.1. The predicted octanol–water partition coefficient (Wildman–Crippen LogP) is 3.75. The lowest BCUT2D eigenvalue weighted by molar-refractivity contribution is -0.126. The van der Waals surface area contributed by atoms with Crippen LogP contribution < -0.4 is 5.32 Å². The quantitative estimate of drug-likeness (QED) is 0.878. The molecule has 2 aliphatic rings. The summed E-state index contributed by atoms with van der Waals surface area (Å²) < 4.78 is 0. The van der Waals surface area contributed by atoms with Crippen molar-refractivity contribution in [3.05, 3.63) is 42.5 Å². The zero-order valence-electron chi connectivity index (χ0n) is 12.3. The molecule has 0 spiro atoms. The molecule has 0 aliphatic heterocycles. The summed E-state index contributed by atoms with van der Waals surface area (Å²) in [4.78, 5) is 12.7. The van der Waals surface area contributed by atoms with Crippen molar-refractivity contribution >= 4 is 22.4 Å². The number of anilines is 1. The summed E-state index contributed by atoms with van der Waals surface area (Å²) in [5.41, 5.74) is 0.715. The van der Waals surface area contributed by atoms with Gasteiger partial charge in [0.1, 0.15) is 5.01 Å². The van der Waals surface area contributed by atoms with Gasteiger partial charge >= 0.3 is 0 Å². The van der Waals surface area contributed by atoms with Crippen molar-refractivity contribution in [2.45, 2.75) is 19.8 Å². The number of fused-ring (bicyclic) bond motifs is 2. The number of carbonyl (C=O) groups excluding carboxylic acids is 1. The van der Waals surface area contributed by atoms with E-state index < -0.39 is 0 Å². The van der Waals surface area contributed by atoms with Crippen LogP contribution in [0.3, 0.4) is 0 Å². The van der Waals surface area contributed by atoms with Crippen LogP contribution >= 0.6 is 11.3 Å². The zero-order valence-corrected chi connectivity index (χ0v) is 13.1. The van der Waals surface area contributed by atoms with Gasteiger partial charge in [-0.1, -0.05) is 60.7 Å². The van der Waals surface area contributed by atoms with Gasteiger partial charge in [0, 0.05) is 5.56 Å². The number of nitrogens with one attached hydrogen (secondary N) is 1. The molecule has 2 aliphatic carbocycles. The number of allylic oxidation sites excluding steroid dienone is 2. The Morgan fingerprint density at radius 3 is 2.77 bits per heavy atom. The highest BCUT2D eigenvalue weighted by molar-refractivity contribution is 7.18. The van der Waals surface area contributed by atoms with E-state index >= 15 is 0 Å². The SMILES string of the molecule is C[C@]1(C(=O)Nc2nnc(-c3ccccc3)s2)C[C@H]2C=C[C@H]1C2. The van der Waals surface area contributed by atoms with Crippen molar-refractivity contribution in [3.63, 3.8) is 0 Å². The summed E-state index contributed by atoms with van der Waals surface area (Å²) in [5.74, 6) is 0.995. The lowest BCUT2D eigenvalue weighted by Crippen LogP contribution is -2.36. The van der Waals surface area contributed by atoms with E-state index in [0.717, 1.165) is 23.4 Å². The maximum absolute atomic E-state index is 12.7. The average Bonchev–Trinajstić information content (AvgIpc) is 3.24. The third kappa shape index (κ3) is 2.16. The fourth-order valence-corrected chi connectivity index (χ4v) is 4.31. The number of carbonyl (C=O) groups is 1. The van der Waals surface area contributed by atoms with E-state index in [-0.39, 0.29) is 11.3 Å². The normalized spacial score (nSPS) is 29.0. The van der Waals surface area contributed by atoms with Crippen LogP contribution in [0.5, 0.6) is 0 Å². The first kappa shape index (κ1) is 13.6. The molecule has 1 heterocycles. The summed E-state index contributed by atoms with van der Waals surface area (Å²) in [6.07, 6.45) is 6.49. The summed E-state index contributed by atoms with van der Waals surface area (Å²) in [6, 6.07) is 9.90. The van der Waals surface area contributed by atoms with Gasteiger partial charge in [0.2, 0.25) is 11.0 Å². The van der Waals surface area contributed by atoms with Crippen LogP contribution in [-0.4, -0.2) is 16.1 Å². The second kappa shape index (κ2) is 5.02. The predicted molar refractivity (Wildman–Crippen MR) is 87.4 cm³/mol. The van der Waals surface area contributed by atoms with E-state index in [4.69, 9.17) is 0 Å². The Morgan fingerprint density at radius 2 is 2.09 bits per heavy atom. The fraction of sp³-hybridized carbons (Fsp3) is 0.353. The summed E-state index contributed by atoms with van der Waals surface area (Å²) in [7, 11) is 0. The largest absolute Gasteiger partial charge is 0.300 e. The molecule has 112 valence electrons. The maximum atomic E-state index is 12.7. The van der Waals surface area contributed by atoms with E-state index in [0.29, 0.717) is 17.0 Å². The molecule has 5 heteroatoms. The number of hydrogen-bond donors (Lipinski definition) is 1. The number of hydrogen-bond acceptors (Lipinski definition) is 4. The van der Waals surface area contributed by atoms with Crippen molar-refractivity contribution in [2.75, 3.05) is 5.32 Å². The Labute approximate surface area is 133 Å². The molecule has 1 saturated carbocycles. The van der Waals surface area contributed by atoms with E-state index in [9.17, 15) is 4.79 Å². The summed E-state index contributed by atoms with van der Waals surface area (Å²) in [6.45, 7) is 2.07. The van der Waals surface area contributed by atoms with E-state index in [2.05, 4.69) is 34.6 Å². The van der Waals surface area contributed by atoms with Gasteiger partial charge in [0.25, 0.3) is 0 Å². The van der Waals surface area contributed by atoms with Crippen molar-refractivity contribution in [1.82, 2.24) is 10.2 Å². The second-order valence-corrected chi connectivity index (χ2v) is 7.32. The van der Waals surface area contributed by atoms with Crippen molar-refractivity contribution in [2.24, 2.45) is 17.3 Å². The second-order valence-electron chi connectivity index (χ2n) is 6.34. The van der Waals surface area contributed by atoms with Crippen LogP contribution in [0.1, 0.15) is 19.8 Å². The summed E-state index contributed by atoms with van der Waals surface area (Å²) >= 11 is 1.42. The van der Waals surface area contributed by atoms with Gasteiger partial charge in [-0.2, -0.15) is 0 Å². The molecule has 2 bridgehead atoms. The molecule has 0 unspecified atom stereocenters. The minimum Gasteiger partial charge on any atom is -0.300 e. The highest BCUT2D eigenvalue weighted by Gasteiger charge is 2.50. The Kier molecular flexibility index (Phi) is 3.11. The van der Waals surface area contributed by atoms with Gasteiger partial charge in [0.15, 0.2) is 0 Å². The minimum atomic E-state index is -0.308. The van der Waals surface area contributed by atoms with E-state index in [1.807, 2.05) is 30.3 Å². The van der Waals surface area contributed by atoms with Gasteiger partial charge in [-0.05, 0) is 24.7 Å². The van der Waals surface area contributed by atoms with Gasteiger partial charge in [0.05, 0.1) is 5.41 Å². The lowest BCUT2D eigenvalue weighted by Gasteiger charge is -2.29. The smallest absolute Gasteiger partial charge is 0.232 e. The fourth-order valence-electron chi connectivity index (χ4n) is 3.57. The van der Waals surface area contributed by atoms with E-state index in [1.165, 1.54) is 11.3 Å². The molecule has 1 aromatic heterocycles. The van der Waals surface area contributed by atoms with Gasteiger partial charge < -0.3 is 5.32 Å². The molecule has 1 N–H and O–H groups in total. The average molecular weight is 311 g/mol. The zero-order chi connectivity index (χ0) is 15.2. The Balaban J connectivity index is 1.51. The molecule has 1 fully saturated rings. The van der Waals surface area contributed by atoms with Crippen LogP contribution in [-0.2, 0) is 4.79 Å². The molecular weight excluding hydrogens is 294 g/mol. The van der Waals surface area contributed by atoms with Gasteiger partial charge in [-0.3, -0.25) is 4.79 Å². The van der Waals surface area contributed by atoms with Crippen molar-refractivity contribution < 1.29 is 4.79 Å². The Morgan fingerprint density at radius 1 is 1.27 bits per heavy atom. The first-order chi connectivity index (χ1) is 10.6. The monoisotopic (exact) mass is 311 g/mol. The topological polar surface area (TPSA) is 54.9 Å². The van der Waals surface area contributed by atoms with Crippen molar-refractivity contribution in [3.8, 4) is 10.6 Å². The Bertz CT molecular complexity index is 739. The van der Waals surface area contributed by atoms with Crippen molar-refractivity contribution in [1.29, 1.82) is 0 Å². The number of amides is 1. The van der Waals surface area contributed by atoms with Gasteiger partial charge in [-0.15, -0.1) is 10.2 Å².